The molecule has 0 radical (unpaired) electrons. The van der Waals surface area contributed by atoms with E-state index in [-0.39, 0.29) is 5.56 Å². The van der Waals surface area contributed by atoms with Crippen LogP contribution in [0.3, 0.4) is 0 Å². The summed E-state index contributed by atoms with van der Waals surface area (Å²) in [5.41, 5.74) is 6.70. The van der Waals surface area contributed by atoms with Crippen LogP contribution in [0.1, 0.15) is 19.3 Å². The smallest absolute Gasteiger partial charge is 0.250 e. The van der Waals surface area contributed by atoms with Crippen LogP contribution < -0.4 is 11.3 Å². The first-order chi connectivity index (χ1) is 9.43. The molecule has 1 aromatic rings. The van der Waals surface area contributed by atoms with Crippen molar-refractivity contribution < 1.29 is 0 Å². The highest BCUT2D eigenvalue weighted by atomic mass is 16.1. The molecule has 1 heterocycles. The number of hydrogen-bond acceptors (Lipinski definition) is 4. The number of likely N-dealkylation sites (N-methyl/N-ethyl adjacent to an activating group) is 2. The van der Waals surface area contributed by atoms with Crippen molar-refractivity contribution in [1.82, 2.24) is 14.4 Å². The van der Waals surface area contributed by atoms with E-state index in [1.54, 1.807) is 16.8 Å². The lowest BCUT2D eigenvalue weighted by Gasteiger charge is -2.49. The molecule has 0 aliphatic heterocycles. The first-order valence-corrected chi connectivity index (χ1v) is 7.25. The summed E-state index contributed by atoms with van der Waals surface area (Å²) < 4.78 is 1.69. The Morgan fingerprint density at radius 1 is 1.30 bits per heavy atom. The summed E-state index contributed by atoms with van der Waals surface area (Å²) in [4.78, 5) is 16.4. The molecule has 2 N–H and O–H groups in total. The minimum atomic E-state index is 0.0126. The quantitative estimate of drug-likeness (QED) is 0.838. The third-order valence-corrected chi connectivity index (χ3v) is 4.53. The maximum Gasteiger partial charge on any atom is 0.250 e. The summed E-state index contributed by atoms with van der Waals surface area (Å²) in [5, 5.41) is 0. The lowest BCUT2D eigenvalue weighted by atomic mass is 9.75. The Morgan fingerprint density at radius 3 is 2.55 bits per heavy atom. The molecular formula is C15H26N4O. The van der Waals surface area contributed by atoms with Gasteiger partial charge in [-0.3, -0.25) is 4.79 Å². The summed E-state index contributed by atoms with van der Waals surface area (Å²) in [5.74, 6) is 0. The SMILES string of the molecule is CN(CCn1cc(N)ccc1=O)CC1(N(C)C)CCC1. The van der Waals surface area contributed by atoms with Gasteiger partial charge in [0.1, 0.15) is 0 Å². The monoisotopic (exact) mass is 278 g/mol. The van der Waals surface area contributed by atoms with E-state index < -0.39 is 0 Å². The van der Waals surface area contributed by atoms with Crippen molar-refractivity contribution in [1.29, 1.82) is 0 Å². The van der Waals surface area contributed by atoms with Crippen molar-refractivity contribution in [3.63, 3.8) is 0 Å². The van der Waals surface area contributed by atoms with E-state index in [0.717, 1.165) is 13.1 Å². The molecule has 0 aromatic carbocycles. The van der Waals surface area contributed by atoms with E-state index in [4.69, 9.17) is 5.73 Å². The fourth-order valence-electron chi connectivity index (χ4n) is 2.92. The van der Waals surface area contributed by atoms with Crippen LogP contribution in [-0.4, -0.2) is 54.1 Å². The van der Waals surface area contributed by atoms with E-state index in [1.165, 1.54) is 25.3 Å². The second-order valence-corrected chi connectivity index (χ2v) is 6.20. The third kappa shape index (κ3) is 3.22. The van der Waals surface area contributed by atoms with Gasteiger partial charge < -0.3 is 20.1 Å². The molecule has 1 aromatic heterocycles. The standard InChI is InChI=1S/C15H26N4O/c1-17(2)15(7-4-8-15)12-18(3)9-10-19-11-13(16)5-6-14(19)20/h5-6,11H,4,7-10,12,16H2,1-3H3. The number of nitrogens with two attached hydrogens (primary N) is 1. The summed E-state index contributed by atoms with van der Waals surface area (Å²) in [6.07, 6.45) is 5.58. The molecule has 1 aliphatic rings. The molecule has 1 saturated carbocycles. The Balaban J connectivity index is 1.90. The molecular weight excluding hydrogens is 252 g/mol. The minimum Gasteiger partial charge on any atom is -0.398 e. The van der Waals surface area contributed by atoms with E-state index in [0.29, 0.717) is 17.8 Å². The first kappa shape index (κ1) is 15.1. The predicted octanol–water partition coefficient (Wildman–Crippen LogP) is 0.847. The fourth-order valence-corrected chi connectivity index (χ4v) is 2.92. The zero-order valence-corrected chi connectivity index (χ0v) is 12.8. The average molecular weight is 278 g/mol. The molecule has 0 unspecified atom stereocenters. The fraction of sp³-hybridized carbons (Fsp3) is 0.667. The number of nitrogens with zero attached hydrogens (tertiary/aromatic N) is 3. The van der Waals surface area contributed by atoms with Gasteiger partial charge in [0.25, 0.3) is 5.56 Å². The van der Waals surface area contributed by atoms with Gasteiger partial charge in [0, 0.05) is 43.1 Å². The molecule has 0 spiro atoms. The average Bonchev–Trinajstić information content (AvgIpc) is 2.34. The molecule has 0 saturated heterocycles. The maximum absolute atomic E-state index is 11.7. The van der Waals surface area contributed by atoms with Gasteiger partial charge in [0.15, 0.2) is 0 Å². The summed E-state index contributed by atoms with van der Waals surface area (Å²) >= 11 is 0. The van der Waals surface area contributed by atoms with Crippen LogP contribution in [0.25, 0.3) is 0 Å². The Bertz CT molecular complexity index is 505. The van der Waals surface area contributed by atoms with Gasteiger partial charge in [-0.05, 0) is 46.5 Å². The number of pyridine rings is 1. The highest BCUT2D eigenvalue weighted by Crippen LogP contribution is 2.36. The zero-order chi connectivity index (χ0) is 14.8. The molecule has 112 valence electrons. The number of aromatic nitrogens is 1. The molecule has 2 rings (SSSR count). The summed E-state index contributed by atoms with van der Waals surface area (Å²) in [7, 11) is 6.45. The topological polar surface area (TPSA) is 54.5 Å². The van der Waals surface area contributed by atoms with Crippen molar-refractivity contribution in [2.75, 3.05) is 40.0 Å². The molecule has 0 atom stereocenters. The van der Waals surface area contributed by atoms with Gasteiger partial charge in [-0.15, -0.1) is 0 Å². The Hall–Kier alpha value is -1.33. The number of rotatable bonds is 6. The van der Waals surface area contributed by atoms with Gasteiger partial charge in [0.2, 0.25) is 0 Å². The molecule has 1 aliphatic carbocycles. The van der Waals surface area contributed by atoms with Gasteiger partial charge in [0.05, 0.1) is 0 Å². The maximum atomic E-state index is 11.7. The van der Waals surface area contributed by atoms with Crippen molar-refractivity contribution in [3.05, 3.63) is 28.7 Å². The van der Waals surface area contributed by atoms with Crippen LogP contribution in [0.2, 0.25) is 0 Å². The summed E-state index contributed by atoms with van der Waals surface area (Å²) in [6, 6.07) is 3.18. The van der Waals surface area contributed by atoms with Crippen LogP contribution in [0, 0.1) is 0 Å². The Labute approximate surface area is 121 Å². The highest BCUT2D eigenvalue weighted by Gasteiger charge is 2.39. The van der Waals surface area contributed by atoms with Gasteiger partial charge in [-0.2, -0.15) is 0 Å². The highest BCUT2D eigenvalue weighted by molar-refractivity contribution is 5.33. The van der Waals surface area contributed by atoms with E-state index in [1.807, 2.05) is 0 Å². The Morgan fingerprint density at radius 2 is 2.00 bits per heavy atom. The van der Waals surface area contributed by atoms with Crippen LogP contribution >= 0.6 is 0 Å². The second-order valence-electron chi connectivity index (χ2n) is 6.20. The van der Waals surface area contributed by atoms with E-state index in [2.05, 4.69) is 30.9 Å². The normalized spacial score (nSPS) is 17.4. The van der Waals surface area contributed by atoms with Crippen molar-refractivity contribution in [2.24, 2.45) is 0 Å². The van der Waals surface area contributed by atoms with Crippen LogP contribution in [-0.2, 0) is 6.54 Å². The molecule has 1 fully saturated rings. The van der Waals surface area contributed by atoms with E-state index >= 15 is 0 Å². The molecule has 5 nitrogen and oxygen atoms in total. The zero-order valence-electron chi connectivity index (χ0n) is 12.8. The van der Waals surface area contributed by atoms with Gasteiger partial charge in [-0.25, -0.2) is 0 Å². The van der Waals surface area contributed by atoms with Crippen molar-refractivity contribution in [2.45, 2.75) is 31.3 Å². The molecule has 20 heavy (non-hydrogen) atoms. The number of anilines is 1. The van der Waals surface area contributed by atoms with Crippen LogP contribution in [0.5, 0.6) is 0 Å². The lowest BCUT2D eigenvalue weighted by molar-refractivity contribution is 0.0270. The third-order valence-electron chi connectivity index (χ3n) is 4.53. The molecule has 5 heteroatoms. The summed E-state index contributed by atoms with van der Waals surface area (Å²) in [6.45, 7) is 2.60. The number of hydrogen-bond donors (Lipinski definition) is 1. The lowest BCUT2D eigenvalue weighted by Crippen LogP contribution is -2.57. The largest absolute Gasteiger partial charge is 0.398 e. The second kappa shape index (κ2) is 5.97. The van der Waals surface area contributed by atoms with Gasteiger partial charge >= 0.3 is 0 Å². The van der Waals surface area contributed by atoms with Crippen LogP contribution in [0.15, 0.2) is 23.1 Å². The van der Waals surface area contributed by atoms with E-state index in [9.17, 15) is 4.79 Å². The predicted molar refractivity (Wildman–Crippen MR) is 82.9 cm³/mol. The first-order valence-electron chi connectivity index (χ1n) is 7.25. The van der Waals surface area contributed by atoms with Crippen molar-refractivity contribution >= 4 is 5.69 Å². The van der Waals surface area contributed by atoms with Crippen LogP contribution in [0.4, 0.5) is 5.69 Å². The van der Waals surface area contributed by atoms with Crippen molar-refractivity contribution in [3.8, 4) is 0 Å². The minimum absolute atomic E-state index is 0.0126. The molecule has 0 bridgehead atoms. The molecule has 0 amide bonds. The van der Waals surface area contributed by atoms with Gasteiger partial charge in [-0.1, -0.05) is 0 Å². The number of nitrogen functional groups attached to an aromatic ring is 1. The Kier molecular flexibility index (Phi) is 4.50.